The molecule has 7 heteroatoms. The SMILES string of the molecule is CC1(C)OC(=O)N(c2c(O)oc3c2ccc2ccoc23)C1=O. The largest absolute Gasteiger partial charge is 0.479 e. The summed E-state index contributed by atoms with van der Waals surface area (Å²) in [5, 5.41) is 11.3. The standard InChI is InChI=1S/C15H11NO6/c1-15(2)13(18)16(14(19)22-15)9-8-4-3-7-5-6-20-10(7)11(8)21-12(9)17/h3-6,17H,1-2H3. The van der Waals surface area contributed by atoms with Crippen molar-refractivity contribution in [3.8, 4) is 5.95 Å². The molecule has 2 amide bonds. The second-order valence-corrected chi connectivity index (χ2v) is 5.56. The highest BCUT2D eigenvalue weighted by Crippen LogP contribution is 2.44. The van der Waals surface area contributed by atoms with Crippen LogP contribution < -0.4 is 4.90 Å². The fraction of sp³-hybridized carbons (Fsp3) is 0.200. The van der Waals surface area contributed by atoms with Gasteiger partial charge in [0.1, 0.15) is 5.69 Å². The zero-order chi connectivity index (χ0) is 15.6. The number of furan rings is 2. The number of benzene rings is 1. The first kappa shape index (κ1) is 12.8. The molecular weight excluding hydrogens is 290 g/mol. The number of fused-ring (bicyclic) bond motifs is 3. The first-order valence-electron chi connectivity index (χ1n) is 6.59. The zero-order valence-corrected chi connectivity index (χ0v) is 11.7. The molecule has 22 heavy (non-hydrogen) atoms. The van der Waals surface area contributed by atoms with Gasteiger partial charge in [-0.15, -0.1) is 0 Å². The van der Waals surface area contributed by atoms with Crippen LogP contribution in [0.3, 0.4) is 0 Å². The van der Waals surface area contributed by atoms with E-state index in [2.05, 4.69) is 0 Å². The molecule has 112 valence electrons. The predicted molar refractivity (Wildman–Crippen MR) is 75.7 cm³/mol. The van der Waals surface area contributed by atoms with Crippen LogP contribution in [0.5, 0.6) is 5.95 Å². The molecule has 4 rings (SSSR count). The molecule has 1 N–H and O–H groups in total. The van der Waals surface area contributed by atoms with Crippen molar-refractivity contribution in [2.75, 3.05) is 4.90 Å². The normalized spacial score (nSPS) is 17.6. The van der Waals surface area contributed by atoms with Crippen LogP contribution in [0.4, 0.5) is 10.5 Å². The van der Waals surface area contributed by atoms with Crippen LogP contribution in [0.1, 0.15) is 13.8 Å². The second-order valence-electron chi connectivity index (χ2n) is 5.56. The third-order valence-electron chi connectivity index (χ3n) is 3.70. The van der Waals surface area contributed by atoms with Crippen molar-refractivity contribution in [1.29, 1.82) is 0 Å². The summed E-state index contributed by atoms with van der Waals surface area (Å²) in [4.78, 5) is 25.2. The summed E-state index contributed by atoms with van der Waals surface area (Å²) in [6.07, 6.45) is 0.634. The summed E-state index contributed by atoms with van der Waals surface area (Å²) < 4.78 is 15.7. The van der Waals surface area contributed by atoms with Gasteiger partial charge in [-0.25, -0.2) is 9.69 Å². The van der Waals surface area contributed by atoms with Gasteiger partial charge in [-0.1, -0.05) is 6.07 Å². The number of hydrogen-bond acceptors (Lipinski definition) is 6. The lowest BCUT2D eigenvalue weighted by Crippen LogP contribution is -2.36. The molecule has 0 aliphatic carbocycles. The monoisotopic (exact) mass is 301 g/mol. The molecule has 0 unspecified atom stereocenters. The van der Waals surface area contributed by atoms with Crippen molar-refractivity contribution >= 4 is 39.6 Å². The van der Waals surface area contributed by atoms with E-state index in [1.165, 1.54) is 20.1 Å². The Morgan fingerprint density at radius 2 is 1.91 bits per heavy atom. The number of nitrogens with zero attached hydrogens (tertiary/aromatic N) is 1. The maximum absolute atomic E-state index is 12.3. The topological polar surface area (TPSA) is 93.1 Å². The Kier molecular flexibility index (Phi) is 2.21. The summed E-state index contributed by atoms with van der Waals surface area (Å²) in [6, 6.07) is 5.14. The first-order chi connectivity index (χ1) is 10.4. The van der Waals surface area contributed by atoms with Crippen molar-refractivity contribution in [3.05, 3.63) is 24.5 Å². The van der Waals surface area contributed by atoms with Crippen molar-refractivity contribution in [1.82, 2.24) is 0 Å². The first-order valence-corrected chi connectivity index (χ1v) is 6.59. The number of rotatable bonds is 1. The summed E-state index contributed by atoms with van der Waals surface area (Å²) in [5.74, 6) is -1.11. The Balaban J connectivity index is 2.01. The third-order valence-corrected chi connectivity index (χ3v) is 3.70. The van der Waals surface area contributed by atoms with Crippen molar-refractivity contribution in [2.45, 2.75) is 19.4 Å². The highest BCUT2D eigenvalue weighted by Gasteiger charge is 2.50. The number of aromatic hydroxyl groups is 1. The van der Waals surface area contributed by atoms with Gasteiger partial charge in [0.2, 0.25) is 0 Å². The van der Waals surface area contributed by atoms with Crippen LogP contribution in [0.25, 0.3) is 21.9 Å². The Morgan fingerprint density at radius 3 is 2.59 bits per heavy atom. The Hall–Kier alpha value is -2.96. The van der Waals surface area contributed by atoms with Gasteiger partial charge >= 0.3 is 12.0 Å². The molecule has 0 atom stereocenters. The van der Waals surface area contributed by atoms with Crippen LogP contribution in [-0.2, 0) is 9.53 Å². The van der Waals surface area contributed by atoms with Crippen molar-refractivity contribution < 1.29 is 28.3 Å². The molecule has 0 saturated carbocycles. The van der Waals surface area contributed by atoms with Gasteiger partial charge in [0, 0.05) is 5.39 Å². The van der Waals surface area contributed by atoms with E-state index in [9.17, 15) is 14.7 Å². The van der Waals surface area contributed by atoms with Crippen LogP contribution in [-0.4, -0.2) is 22.7 Å². The predicted octanol–water partition coefficient (Wildman–Crippen LogP) is 3.15. The fourth-order valence-corrected chi connectivity index (χ4v) is 2.62. The molecule has 0 bridgehead atoms. The van der Waals surface area contributed by atoms with Gasteiger partial charge in [0.15, 0.2) is 16.8 Å². The summed E-state index contributed by atoms with van der Waals surface area (Å²) in [6.45, 7) is 2.97. The molecule has 1 aliphatic rings. The minimum Gasteiger partial charge on any atom is -0.479 e. The van der Waals surface area contributed by atoms with Crippen LogP contribution >= 0.6 is 0 Å². The molecule has 1 aliphatic heterocycles. The fourth-order valence-electron chi connectivity index (χ4n) is 2.62. The lowest BCUT2D eigenvalue weighted by atomic mass is 10.1. The van der Waals surface area contributed by atoms with E-state index in [-0.39, 0.29) is 11.3 Å². The molecular formula is C15H11NO6. The van der Waals surface area contributed by atoms with E-state index in [1.807, 2.05) is 0 Å². The highest BCUT2D eigenvalue weighted by molar-refractivity contribution is 6.24. The van der Waals surface area contributed by atoms with Gasteiger partial charge < -0.3 is 18.7 Å². The van der Waals surface area contributed by atoms with E-state index in [0.717, 1.165) is 10.3 Å². The van der Waals surface area contributed by atoms with Crippen LogP contribution in [0.2, 0.25) is 0 Å². The maximum Gasteiger partial charge on any atom is 0.422 e. The number of imide groups is 1. The molecule has 0 radical (unpaired) electrons. The minimum atomic E-state index is -1.29. The number of ether oxygens (including phenoxy) is 1. The molecule has 1 fully saturated rings. The second kappa shape index (κ2) is 3.82. The quantitative estimate of drug-likeness (QED) is 0.742. The summed E-state index contributed by atoms with van der Waals surface area (Å²) in [7, 11) is 0. The third kappa shape index (κ3) is 1.45. The van der Waals surface area contributed by atoms with Gasteiger partial charge in [0.05, 0.1) is 11.6 Å². The summed E-state index contributed by atoms with van der Waals surface area (Å²) in [5.41, 5.74) is -0.630. The lowest BCUT2D eigenvalue weighted by molar-refractivity contribution is -0.127. The average molecular weight is 301 g/mol. The van der Waals surface area contributed by atoms with E-state index in [4.69, 9.17) is 13.6 Å². The van der Waals surface area contributed by atoms with Crippen molar-refractivity contribution in [2.24, 2.45) is 0 Å². The molecule has 1 aromatic carbocycles. The number of cyclic esters (lactones) is 1. The molecule has 0 spiro atoms. The number of carbonyl (C=O) groups excluding carboxylic acids is 2. The minimum absolute atomic E-state index is 0.0334. The van der Waals surface area contributed by atoms with E-state index in [1.54, 1.807) is 18.2 Å². The molecule has 1 saturated heterocycles. The number of carbonyl (C=O) groups is 2. The number of hydrogen-bond donors (Lipinski definition) is 1. The smallest absolute Gasteiger partial charge is 0.422 e. The van der Waals surface area contributed by atoms with E-state index in [0.29, 0.717) is 11.0 Å². The summed E-state index contributed by atoms with van der Waals surface area (Å²) >= 11 is 0. The lowest BCUT2D eigenvalue weighted by Gasteiger charge is -2.12. The van der Waals surface area contributed by atoms with E-state index < -0.39 is 23.5 Å². The Bertz CT molecular complexity index is 948. The van der Waals surface area contributed by atoms with Crippen molar-refractivity contribution in [3.63, 3.8) is 0 Å². The number of amides is 2. The van der Waals surface area contributed by atoms with Gasteiger partial charge in [-0.3, -0.25) is 4.79 Å². The van der Waals surface area contributed by atoms with Crippen LogP contribution in [0, 0.1) is 0 Å². The maximum atomic E-state index is 12.3. The average Bonchev–Trinajstić information content (AvgIpc) is 3.07. The molecule has 2 aromatic heterocycles. The van der Waals surface area contributed by atoms with Gasteiger partial charge in [-0.2, -0.15) is 0 Å². The zero-order valence-electron chi connectivity index (χ0n) is 11.7. The molecule has 7 nitrogen and oxygen atoms in total. The van der Waals surface area contributed by atoms with Gasteiger partial charge in [0.25, 0.3) is 5.91 Å². The van der Waals surface area contributed by atoms with E-state index >= 15 is 0 Å². The van der Waals surface area contributed by atoms with Crippen LogP contribution in [0.15, 0.2) is 33.3 Å². The highest BCUT2D eigenvalue weighted by atomic mass is 16.6. The Labute approximate surface area is 123 Å². The number of anilines is 1. The Morgan fingerprint density at radius 1 is 1.14 bits per heavy atom. The molecule has 3 aromatic rings. The molecule has 3 heterocycles. The van der Waals surface area contributed by atoms with Gasteiger partial charge in [-0.05, 0) is 26.0 Å².